The van der Waals surface area contributed by atoms with Crippen LogP contribution < -0.4 is 9.47 Å². The van der Waals surface area contributed by atoms with Crippen LogP contribution in [0.1, 0.15) is 77.5 Å². The number of hydrogen-bond acceptors (Lipinski definition) is 5. The second-order valence-corrected chi connectivity index (χ2v) is 10.5. The Kier molecular flexibility index (Phi) is 8.28. The first-order valence-corrected chi connectivity index (χ1v) is 14.2. The molecule has 1 aromatic heterocycles. The molecule has 0 spiro atoms. The summed E-state index contributed by atoms with van der Waals surface area (Å²) in [6.07, 6.45) is 3.14. The number of phenols is 1. The van der Waals surface area contributed by atoms with Crippen LogP contribution in [0.25, 0.3) is 11.3 Å². The van der Waals surface area contributed by atoms with Crippen LogP contribution >= 0.6 is 0 Å². The monoisotopic (exact) mass is 557 g/mol. The highest BCUT2D eigenvalue weighted by Crippen LogP contribution is 2.47. The van der Waals surface area contributed by atoms with Gasteiger partial charge in [0, 0.05) is 17.7 Å². The summed E-state index contributed by atoms with van der Waals surface area (Å²) in [5.41, 5.74) is 5.53. The molecule has 0 radical (unpaired) electrons. The molecule has 0 bridgehead atoms. The van der Waals surface area contributed by atoms with E-state index in [9.17, 15) is 14.3 Å². The summed E-state index contributed by atoms with van der Waals surface area (Å²) in [4.78, 5) is 15.6. The number of amides is 1. The third-order valence-corrected chi connectivity index (χ3v) is 7.41. The number of phenolic OH excluding ortho intramolecular Hbond substituents is 1. The van der Waals surface area contributed by atoms with Crippen molar-refractivity contribution in [1.82, 2.24) is 15.1 Å². The lowest BCUT2D eigenvalue weighted by Gasteiger charge is -2.27. The van der Waals surface area contributed by atoms with Gasteiger partial charge in [0.2, 0.25) is 0 Å². The number of unbranched alkanes of at least 4 members (excludes halogenated alkanes) is 2. The molecule has 1 amide bonds. The third kappa shape index (κ3) is 5.64. The summed E-state index contributed by atoms with van der Waals surface area (Å²) in [6, 6.07) is 15.0. The SMILES string of the molecule is CCCCCOc1ccc(C2c3c(-c4c(C)cc(C)cc4O)n[nH]c3C(=O)N2Cc2ccc(F)cc2)cc1OCC. The van der Waals surface area contributed by atoms with E-state index >= 15 is 0 Å². The van der Waals surface area contributed by atoms with E-state index in [-0.39, 0.29) is 24.0 Å². The molecule has 0 aliphatic carbocycles. The van der Waals surface area contributed by atoms with E-state index in [1.54, 1.807) is 23.1 Å². The number of rotatable bonds is 11. The highest BCUT2D eigenvalue weighted by atomic mass is 19.1. The molecule has 0 saturated heterocycles. The van der Waals surface area contributed by atoms with E-state index in [2.05, 4.69) is 17.1 Å². The summed E-state index contributed by atoms with van der Waals surface area (Å²) >= 11 is 0. The topological polar surface area (TPSA) is 87.7 Å². The molecule has 0 fully saturated rings. The maximum absolute atomic E-state index is 13.9. The first-order valence-electron chi connectivity index (χ1n) is 14.2. The van der Waals surface area contributed by atoms with E-state index in [1.165, 1.54) is 12.1 Å². The minimum atomic E-state index is -0.537. The Balaban J connectivity index is 1.62. The fraction of sp³-hybridized carbons (Fsp3) is 0.333. The quantitative estimate of drug-likeness (QED) is 0.190. The van der Waals surface area contributed by atoms with Crippen LogP contribution in [-0.4, -0.2) is 39.3 Å². The first kappa shape index (κ1) is 28.2. The van der Waals surface area contributed by atoms with Crippen molar-refractivity contribution in [3.05, 3.63) is 93.9 Å². The van der Waals surface area contributed by atoms with Crippen molar-refractivity contribution < 1.29 is 23.8 Å². The van der Waals surface area contributed by atoms with Crippen LogP contribution in [-0.2, 0) is 6.54 Å². The average Bonchev–Trinajstić information content (AvgIpc) is 3.47. The van der Waals surface area contributed by atoms with Crippen molar-refractivity contribution in [2.24, 2.45) is 0 Å². The van der Waals surface area contributed by atoms with Gasteiger partial charge >= 0.3 is 0 Å². The van der Waals surface area contributed by atoms with E-state index in [1.807, 2.05) is 45.0 Å². The number of fused-ring (bicyclic) bond motifs is 1. The van der Waals surface area contributed by atoms with Gasteiger partial charge in [0.25, 0.3) is 5.91 Å². The Bertz CT molecular complexity index is 1520. The molecule has 1 aliphatic heterocycles. The number of carbonyl (C=O) groups is 1. The molecular formula is C33H36FN3O4. The van der Waals surface area contributed by atoms with E-state index in [0.29, 0.717) is 47.2 Å². The van der Waals surface area contributed by atoms with Crippen LogP contribution in [0, 0.1) is 19.7 Å². The molecule has 5 rings (SSSR count). The number of nitrogens with zero attached hydrogens (tertiary/aromatic N) is 2. The number of nitrogens with one attached hydrogen (secondary N) is 1. The van der Waals surface area contributed by atoms with Gasteiger partial charge in [0.15, 0.2) is 11.5 Å². The van der Waals surface area contributed by atoms with Crippen molar-refractivity contribution in [3.63, 3.8) is 0 Å². The maximum Gasteiger partial charge on any atom is 0.273 e. The molecule has 1 atom stereocenters. The zero-order valence-corrected chi connectivity index (χ0v) is 24.0. The molecule has 0 saturated carbocycles. The van der Waals surface area contributed by atoms with Gasteiger partial charge in [-0.05, 0) is 79.8 Å². The van der Waals surface area contributed by atoms with Crippen molar-refractivity contribution in [2.75, 3.05) is 13.2 Å². The summed E-state index contributed by atoms with van der Waals surface area (Å²) in [7, 11) is 0. The number of aromatic amines is 1. The maximum atomic E-state index is 13.9. The number of carbonyl (C=O) groups excluding carboxylic acids is 1. The van der Waals surface area contributed by atoms with Gasteiger partial charge in [-0.3, -0.25) is 9.89 Å². The third-order valence-electron chi connectivity index (χ3n) is 7.41. The van der Waals surface area contributed by atoms with Gasteiger partial charge in [-0.2, -0.15) is 5.10 Å². The fourth-order valence-electron chi connectivity index (χ4n) is 5.55. The second-order valence-electron chi connectivity index (χ2n) is 10.5. The molecule has 8 heteroatoms. The molecule has 41 heavy (non-hydrogen) atoms. The number of hydrogen-bond donors (Lipinski definition) is 2. The summed E-state index contributed by atoms with van der Waals surface area (Å²) in [5.74, 6) is 0.793. The van der Waals surface area contributed by atoms with E-state index in [0.717, 1.165) is 41.5 Å². The smallest absolute Gasteiger partial charge is 0.273 e. The Morgan fingerprint density at radius 1 is 1.00 bits per heavy atom. The minimum Gasteiger partial charge on any atom is -0.507 e. The molecule has 2 heterocycles. The van der Waals surface area contributed by atoms with Gasteiger partial charge in [0.1, 0.15) is 23.0 Å². The standard InChI is InChI=1S/C33H36FN3O4/c1-5-7-8-15-41-26-14-11-23(18-27(26)40-6-2)32-29-30(28-21(4)16-20(3)17-25(28)38)35-36-31(29)33(39)37(32)19-22-9-12-24(34)13-10-22/h9-14,16-18,32,38H,5-8,15,19H2,1-4H3,(H,35,36). The summed E-state index contributed by atoms with van der Waals surface area (Å²) < 4.78 is 25.7. The predicted octanol–water partition coefficient (Wildman–Crippen LogP) is 7.25. The van der Waals surface area contributed by atoms with Crippen LogP contribution in [0.2, 0.25) is 0 Å². The lowest BCUT2D eigenvalue weighted by molar-refractivity contribution is 0.0729. The lowest BCUT2D eigenvalue weighted by atomic mass is 9.93. The van der Waals surface area contributed by atoms with Crippen LogP contribution in [0.4, 0.5) is 4.39 Å². The van der Waals surface area contributed by atoms with E-state index in [4.69, 9.17) is 9.47 Å². The number of aromatic nitrogens is 2. The number of benzene rings is 3. The first-order chi connectivity index (χ1) is 19.8. The van der Waals surface area contributed by atoms with Crippen molar-refractivity contribution in [3.8, 4) is 28.5 Å². The molecule has 3 aromatic carbocycles. The van der Waals surface area contributed by atoms with Crippen LogP contribution in [0.3, 0.4) is 0 Å². The number of aryl methyl sites for hydroxylation is 2. The normalized spacial score (nSPS) is 14.4. The van der Waals surface area contributed by atoms with E-state index < -0.39 is 6.04 Å². The van der Waals surface area contributed by atoms with Gasteiger partial charge in [0.05, 0.1) is 19.3 Å². The Morgan fingerprint density at radius 2 is 1.78 bits per heavy atom. The fourth-order valence-corrected chi connectivity index (χ4v) is 5.55. The molecular weight excluding hydrogens is 521 g/mol. The number of ether oxygens (including phenoxy) is 2. The highest BCUT2D eigenvalue weighted by molar-refractivity contribution is 6.00. The summed E-state index contributed by atoms with van der Waals surface area (Å²) in [6.45, 7) is 9.21. The van der Waals surface area contributed by atoms with Crippen molar-refractivity contribution in [1.29, 1.82) is 0 Å². The van der Waals surface area contributed by atoms with Gasteiger partial charge in [-0.1, -0.05) is 44.0 Å². The van der Waals surface area contributed by atoms with Crippen LogP contribution in [0.15, 0.2) is 54.6 Å². The molecule has 7 nitrogen and oxygen atoms in total. The summed E-state index contributed by atoms with van der Waals surface area (Å²) in [5, 5.41) is 18.5. The zero-order chi connectivity index (χ0) is 29.1. The molecule has 2 N–H and O–H groups in total. The van der Waals surface area contributed by atoms with Gasteiger partial charge in [-0.25, -0.2) is 4.39 Å². The average molecular weight is 558 g/mol. The molecule has 1 unspecified atom stereocenters. The largest absolute Gasteiger partial charge is 0.507 e. The van der Waals surface area contributed by atoms with Crippen molar-refractivity contribution >= 4 is 5.91 Å². The number of aromatic hydroxyl groups is 1. The number of halogens is 1. The Morgan fingerprint density at radius 3 is 2.49 bits per heavy atom. The second kappa shape index (κ2) is 12.0. The Labute approximate surface area is 239 Å². The lowest BCUT2D eigenvalue weighted by Crippen LogP contribution is -2.29. The Hall–Kier alpha value is -4.33. The number of H-pyrrole nitrogens is 1. The zero-order valence-electron chi connectivity index (χ0n) is 24.0. The van der Waals surface area contributed by atoms with Gasteiger partial charge in [-0.15, -0.1) is 0 Å². The van der Waals surface area contributed by atoms with Crippen molar-refractivity contribution in [2.45, 2.75) is 59.5 Å². The molecule has 214 valence electrons. The predicted molar refractivity (Wildman–Crippen MR) is 156 cm³/mol. The minimum absolute atomic E-state index is 0.103. The molecule has 1 aliphatic rings. The van der Waals surface area contributed by atoms with Crippen LogP contribution in [0.5, 0.6) is 17.2 Å². The van der Waals surface area contributed by atoms with Gasteiger partial charge < -0.3 is 19.5 Å². The molecule has 4 aromatic rings. The highest BCUT2D eigenvalue weighted by Gasteiger charge is 2.43.